The van der Waals surface area contributed by atoms with Crippen molar-refractivity contribution in [1.29, 1.82) is 0 Å². The Morgan fingerprint density at radius 3 is 0.798 bits per heavy atom. The van der Waals surface area contributed by atoms with Gasteiger partial charge in [0.05, 0.1) is 33.5 Å². The van der Waals surface area contributed by atoms with Crippen LogP contribution < -0.4 is 0 Å². The standard InChI is InChI=1S/C36H22N2S.C36H22S2.C29H17NS2/c1-5-13-31-25(9-1)26-10-2-6-14-32(26)37(31)23-17-19-35-29(21-23)30-22-24(18-20-36(30)39-35)38-33-15-7-3-11-27(33)28-12-4-8-16-34(28)38;1-3-19-33-29(13-1)31-17-7-15-27(35(31)37-33)25-11-5-9-23(21-25)24-10-6-12-26(22-24)28-16-8-18-32-30-14-2-4-20-34(30)38-36(28)32;1-3-16-26-18(8-1)20-10-5-12-22(28(20)31-26)24-14-7-15-25(30-24)23-13-6-11-21-19-9-2-4-17-27(19)32-29(21)23/h1-22H;1-22H;1-17H. The van der Waals surface area contributed by atoms with Crippen molar-refractivity contribution in [3.05, 3.63) is 370 Å². The highest BCUT2D eigenvalue weighted by Crippen LogP contribution is 2.47. The second kappa shape index (κ2) is 26.1. The van der Waals surface area contributed by atoms with Gasteiger partial charge in [-0.2, -0.15) is 0 Å². The summed E-state index contributed by atoms with van der Waals surface area (Å²) in [5, 5.41) is 18.4. The molecule has 0 fully saturated rings. The topological polar surface area (TPSA) is 22.8 Å². The lowest BCUT2D eigenvalue weighted by Gasteiger charge is -2.10. The van der Waals surface area contributed by atoms with Crippen LogP contribution in [0.25, 0.3) is 212 Å². The van der Waals surface area contributed by atoms with Gasteiger partial charge in [0.25, 0.3) is 0 Å². The van der Waals surface area contributed by atoms with E-state index < -0.39 is 0 Å². The van der Waals surface area contributed by atoms with Gasteiger partial charge in [-0.25, -0.2) is 4.98 Å². The van der Waals surface area contributed by atoms with E-state index in [0.29, 0.717) is 0 Å². The first-order chi connectivity index (χ1) is 54.0. The minimum atomic E-state index is 1.03. The van der Waals surface area contributed by atoms with Gasteiger partial charge < -0.3 is 9.13 Å². The van der Waals surface area contributed by atoms with Crippen LogP contribution in [0.1, 0.15) is 0 Å². The van der Waals surface area contributed by atoms with Crippen LogP contribution in [0.4, 0.5) is 0 Å². The largest absolute Gasteiger partial charge is 0.309 e. The van der Waals surface area contributed by atoms with E-state index in [9.17, 15) is 0 Å². The maximum atomic E-state index is 5.17. The van der Waals surface area contributed by atoms with Gasteiger partial charge in [0.1, 0.15) is 0 Å². The number of hydrogen-bond acceptors (Lipinski definition) is 6. The molecule has 0 bridgehead atoms. The van der Waals surface area contributed by atoms with E-state index >= 15 is 0 Å². The van der Waals surface area contributed by atoms with E-state index in [1.165, 1.54) is 200 Å². The summed E-state index contributed by atoms with van der Waals surface area (Å²) in [4.78, 5) is 5.17. The molecule has 24 rings (SSSR count). The SMILES string of the molecule is c1cc(-c2cccc(-c3cccc4c3sc3ccccc34)c2)cc(-c2cccc3c2sc2ccccc23)c1.c1cc(-c2cccc3c2sc2ccccc23)nc(-c2cccc3c2sc2ccccc23)c1.c1ccc2c(c1)c1ccccc1n2-c1ccc2sc3ccc(-n4c5ccccc5c5ccccc54)cc3c2c1. The van der Waals surface area contributed by atoms with Crippen molar-refractivity contribution in [2.75, 3.05) is 0 Å². The Balaban J connectivity index is 0.000000102. The number of benzene rings is 16. The second-order valence-electron chi connectivity index (χ2n) is 27.9. The summed E-state index contributed by atoms with van der Waals surface area (Å²) in [6, 6.07) is 134. The Labute approximate surface area is 647 Å². The van der Waals surface area contributed by atoms with Crippen LogP contribution in [-0.4, -0.2) is 14.1 Å². The lowest BCUT2D eigenvalue weighted by molar-refractivity contribution is 1.18. The van der Waals surface area contributed by atoms with E-state index in [0.717, 1.165) is 11.4 Å². The lowest BCUT2D eigenvalue weighted by atomic mass is 9.95. The first-order valence-electron chi connectivity index (χ1n) is 36.8. The van der Waals surface area contributed by atoms with Crippen molar-refractivity contribution < 1.29 is 0 Å². The average Bonchev–Trinajstić information content (AvgIpc) is 1.61. The van der Waals surface area contributed by atoms with Gasteiger partial charge in [-0.3, -0.25) is 0 Å². The Hall–Kier alpha value is -12.6. The normalized spacial score (nSPS) is 11.9. The van der Waals surface area contributed by atoms with Gasteiger partial charge in [-0.05, 0) is 143 Å². The molecule has 24 aromatic rings. The molecule has 8 heterocycles. The molecule has 0 radical (unpaired) electrons. The zero-order valence-electron chi connectivity index (χ0n) is 58.6. The third kappa shape index (κ3) is 10.7. The van der Waals surface area contributed by atoms with Crippen LogP contribution in [0.15, 0.2) is 370 Å². The molecule has 3 nitrogen and oxygen atoms in total. The minimum Gasteiger partial charge on any atom is -0.309 e. The number of hydrogen-bond donors (Lipinski definition) is 0. The smallest absolute Gasteiger partial charge is 0.0723 e. The van der Waals surface area contributed by atoms with Crippen LogP contribution in [0.3, 0.4) is 0 Å². The molecular formula is C101H61N3S5. The summed E-state index contributed by atoms with van der Waals surface area (Å²) < 4.78 is 18.1. The number of aromatic nitrogens is 3. The first-order valence-corrected chi connectivity index (χ1v) is 40.9. The van der Waals surface area contributed by atoms with Crippen molar-refractivity contribution in [1.82, 2.24) is 14.1 Å². The minimum absolute atomic E-state index is 1.03. The Morgan fingerprint density at radius 2 is 0.440 bits per heavy atom. The molecule has 0 saturated heterocycles. The molecule has 0 spiro atoms. The number of nitrogens with zero attached hydrogens (tertiary/aromatic N) is 3. The van der Waals surface area contributed by atoms with E-state index in [-0.39, 0.29) is 0 Å². The molecular weight excluding hydrogens is 1420 g/mol. The predicted octanol–water partition coefficient (Wildman–Crippen LogP) is 30.8. The summed E-state index contributed by atoms with van der Waals surface area (Å²) in [6.07, 6.45) is 0. The number of pyridine rings is 1. The monoisotopic (exact) mass is 1480 g/mol. The Kier molecular flexibility index (Phi) is 15.2. The van der Waals surface area contributed by atoms with Crippen molar-refractivity contribution in [3.63, 3.8) is 0 Å². The third-order valence-electron chi connectivity index (χ3n) is 21.7. The fourth-order valence-electron chi connectivity index (χ4n) is 16.7. The molecule has 0 saturated carbocycles. The first kappa shape index (κ1) is 63.6. The quantitative estimate of drug-likeness (QED) is 0.156. The van der Waals surface area contributed by atoms with E-state index in [2.05, 4.69) is 379 Å². The maximum absolute atomic E-state index is 5.17. The molecule has 0 N–H and O–H groups in total. The molecule has 0 aliphatic carbocycles. The Morgan fingerprint density at radius 1 is 0.174 bits per heavy atom. The number of rotatable bonds is 7. The van der Waals surface area contributed by atoms with Crippen LogP contribution in [-0.2, 0) is 0 Å². The molecule has 0 aliphatic rings. The van der Waals surface area contributed by atoms with Crippen LogP contribution in [0.5, 0.6) is 0 Å². The van der Waals surface area contributed by atoms with Crippen molar-refractivity contribution in [3.8, 4) is 67.3 Å². The van der Waals surface area contributed by atoms with Gasteiger partial charge in [0.15, 0.2) is 0 Å². The lowest BCUT2D eigenvalue weighted by Crippen LogP contribution is -1.94. The average molecular weight is 1480 g/mol. The molecule has 510 valence electrons. The summed E-state index contributed by atoms with van der Waals surface area (Å²) >= 11 is 9.35. The van der Waals surface area contributed by atoms with E-state index in [4.69, 9.17) is 4.98 Å². The van der Waals surface area contributed by atoms with Crippen molar-refractivity contribution >= 4 is 201 Å². The van der Waals surface area contributed by atoms with Gasteiger partial charge in [-0.15, -0.1) is 56.7 Å². The highest BCUT2D eigenvalue weighted by Gasteiger charge is 2.20. The molecule has 8 aromatic heterocycles. The van der Waals surface area contributed by atoms with E-state index in [1.54, 1.807) is 0 Å². The highest BCUT2D eigenvalue weighted by atomic mass is 32.1. The zero-order chi connectivity index (χ0) is 71.6. The van der Waals surface area contributed by atoms with Gasteiger partial charge >= 0.3 is 0 Å². The van der Waals surface area contributed by atoms with E-state index in [1.807, 2.05) is 56.7 Å². The highest BCUT2D eigenvalue weighted by molar-refractivity contribution is 7.28. The summed E-state index contributed by atoms with van der Waals surface area (Å²) in [6.45, 7) is 0. The molecule has 109 heavy (non-hydrogen) atoms. The van der Waals surface area contributed by atoms with Crippen molar-refractivity contribution in [2.45, 2.75) is 0 Å². The fourth-order valence-corrected chi connectivity index (χ4v) is 22.7. The molecule has 0 unspecified atom stereocenters. The zero-order valence-corrected chi connectivity index (χ0v) is 62.7. The molecule has 16 aromatic carbocycles. The van der Waals surface area contributed by atoms with Crippen molar-refractivity contribution in [2.24, 2.45) is 0 Å². The fraction of sp³-hybridized carbons (Fsp3) is 0. The number of thiophene rings is 5. The summed E-state index contributed by atoms with van der Waals surface area (Å²) in [5.74, 6) is 0. The van der Waals surface area contributed by atoms with Gasteiger partial charge in [0, 0.05) is 145 Å². The molecule has 8 heteroatoms. The Bertz CT molecular complexity index is 7220. The summed E-state index contributed by atoms with van der Waals surface area (Å²) in [7, 11) is 0. The van der Waals surface area contributed by atoms with Crippen LogP contribution >= 0.6 is 56.7 Å². The molecule has 0 atom stereocenters. The number of para-hydroxylation sites is 4. The van der Waals surface area contributed by atoms with Crippen LogP contribution in [0, 0.1) is 0 Å². The van der Waals surface area contributed by atoms with Gasteiger partial charge in [-0.1, -0.05) is 261 Å². The van der Waals surface area contributed by atoms with Crippen LogP contribution in [0.2, 0.25) is 0 Å². The number of fused-ring (bicyclic) bond motifs is 21. The van der Waals surface area contributed by atoms with Gasteiger partial charge in [0.2, 0.25) is 0 Å². The maximum Gasteiger partial charge on any atom is 0.0723 e. The summed E-state index contributed by atoms with van der Waals surface area (Å²) in [5.41, 5.74) is 19.4. The predicted molar refractivity (Wildman–Crippen MR) is 477 cm³/mol. The molecule has 0 amide bonds. The molecule has 0 aliphatic heterocycles. The second-order valence-corrected chi connectivity index (χ2v) is 33.2. The third-order valence-corrected chi connectivity index (χ3v) is 27.7.